The summed E-state index contributed by atoms with van der Waals surface area (Å²) < 4.78 is 11.5. The van der Waals surface area contributed by atoms with Gasteiger partial charge in [0.1, 0.15) is 13.2 Å². The minimum Gasteiger partial charge on any atom is -0.464 e. The van der Waals surface area contributed by atoms with E-state index < -0.39 is 22.2 Å². The predicted octanol–water partition coefficient (Wildman–Crippen LogP) is 8.01. The largest absolute Gasteiger partial charge is 0.464 e. The first-order valence-corrected chi connectivity index (χ1v) is 15.9. The van der Waals surface area contributed by atoms with Gasteiger partial charge in [0.05, 0.1) is 17.9 Å². The molecule has 0 spiro atoms. The van der Waals surface area contributed by atoms with Crippen molar-refractivity contribution in [2.45, 2.75) is 130 Å². The molecule has 0 rings (SSSR count). The normalized spacial score (nSPS) is 16.4. The summed E-state index contributed by atoms with van der Waals surface area (Å²) in [6, 6.07) is 0. The van der Waals surface area contributed by atoms with Gasteiger partial charge in [0.25, 0.3) is 0 Å². The third-order valence-electron chi connectivity index (χ3n) is 12.4. The van der Waals surface area contributed by atoms with Crippen molar-refractivity contribution in [1.82, 2.24) is 4.90 Å². The number of hydrogen-bond donors (Lipinski definition) is 1. The number of rotatable bonds is 17. The van der Waals surface area contributed by atoms with E-state index in [9.17, 15) is 14.7 Å². The molecule has 6 nitrogen and oxygen atoms in total. The second kappa shape index (κ2) is 14.1. The molecule has 0 aromatic carbocycles. The Balaban J connectivity index is 6.61. The topological polar surface area (TPSA) is 76.1 Å². The van der Waals surface area contributed by atoms with Gasteiger partial charge < -0.3 is 19.5 Å². The van der Waals surface area contributed by atoms with Crippen LogP contribution >= 0.6 is 0 Å². The zero-order valence-electron chi connectivity index (χ0n) is 30.3. The Morgan fingerprint density at radius 2 is 1.22 bits per heavy atom. The number of unbranched alkanes of at least 4 members (excludes halogenated alkanes) is 1. The fourth-order valence-electron chi connectivity index (χ4n) is 6.77. The Morgan fingerprint density at radius 3 is 1.66 bits per heavy atom. The van der Waals surface area contributed by atoms with Crippen LogP contribution in [-0.4, -0.2) is 61.9 Å². The number of aliphatic hydroxyl groups is 1. The van der Waals surface area contributed by atoms with E-state index in [-0.39, 0.29) is 46.8 Å². The molecule has 0 fully saturated rings. The van der Waals surface area contributed by atoms with Crippen LogP contribution in [0.2, 0.25) is 0 Å². The number of likely N-dealkylation sites (N-methyl/N-ethyl adjacent to an activating group) is 1. The number of esters is 2. The summed E-state index contributed by atoms with van der Waals surface area (Å²) in [4.78, 5) is 29.4. The SMILES string of the molecule is CCCCN(C)CCOC(=O)C(C)(CC(C)(C)C)C(C)(C)C(C)(C)C(C)(C)C(C)(C)C(C)(C)C(C)C(=O)OCCO. The molecule has 0 radical (unpaired) electrons. The fourth-order valence-corrected chi connectivity index (χ4v) is 6.77. The van der Waals surface area contributed by atoms with Gasteiger partial charge in [-0.3, -0.25) is 9.59 Å². The van der Waals surface area contributed by atoms with Gasteiger partial charge in [-0.25, -0.2) is 0 Å². The standard InChI is InChI=1S/C35H69NO5/c1-18-19-20-36(17)21-23-41-28(39)35(16,25-29(3,4)5)34(14,15)33(12,13)32(10,11)31(8,9)30(6,7)26(2)27(38)40-24-22-37/h26,37H,18-25H2,1-17H3. The summed E-state index contributed by atoms with van der Waals surface area (Å²) >= 11 is 0. The zero-order chi connectivity index (χ0) is 32.9. The van der Waals surface area contributed by atoms with Crippen LogP contribution < -0.4 is 0 Å². The lowest BCUT2D eigenvalue weighted by molar-refractivity contribution is -0.207. The second-order valence-corrected chi connectivity index (χ2v) is 16.7. The molecule has 0 amide bonds. The molecular weight excluding hydrogens is 514 g/mol. The van der Waals surface area contributed by atoms with Crippen molar-refractivity contribution >= 4 is 11.9 Å². The van der Waals surface area contributed by atoms with E-state index in [2.05, 4.69) is 116 Å². The van der Waals surface area contributed by atoms with Crippen LogP contribution in [-0.2, 0) is 19.1 Å². The quantitative estimate of drug-likeness (QED) is 0.175. The van der Waals surface area contributed by atoms with Crippen LogP contribution in [0, 0.1) is 43.8 Å². The summed E-state index contributed by atoms with van der Waals surface area (Å²) in [6.45, 7) is 37.1. The molecule has 0 aliphatic heterocycles. The lowest BCUT2D eigenvalue weighted by atomic mass is 9.37. The molecule has 6 heteroatoms. The van der Waals surface area contributed by atoms with Crippen LogP contribution in [0.1, 0.15) is 130 Å². The molecule has 0 saturated heterocycles. The van der Waals surface area contributed by atoms with Crippen LogP contribution in [0.3, 0.4) is 0 Å². The summed E-state index contributed by atoms with van der Waals surface area (Å²) in [5.41, 5.74) is -2.91. The molecule has 0 aromatic heterocycles. The average Bonchev–Trinajstić information content (AvgIpc) is 2.83. The van der Waals surface area contributed by atoms with E-state index in [1.165, 1.54) is 0 Å². The monoisotopic (exact) mass is 584 g/mol. The Morgan fingerprint density at radius 1 is 0.732 bits per heavy atom. The van der Waals surface area contributed by atoms with Crippen molar-refractivity contribution in [3.8, 4) is 0 Å². The van der Waals surface area contributed by atoms with E-state index in [4.69, 9.17) is 9.47 Å². The lowest BCUT2D eigenvalue weighted by Crippen LogP contribution is -2.63. The number of carbonyl (C=O) groups is 2. The van der Waals surface area contributed by atoms with Gasteiger partial charge in [-0.15, -0.1) is 0 Å². The third-order valence-corrected chi connectivity index (χ3v) is 12.4. The maximum absolute atomic E-state index is 14.2. The molecule has 244 valence electrons. The maximum Gasteiger partial charge on any atom is 0.312 e. The summed E-state index contributed by atoms with van der Waals surface area (Å²) in [7, 11) is 2.08. The summed E-state index contributed by atoms with van der Waals surface area (Å²) in [5.74, 6) is -0.823. The molecule has 0 heterocycles. The van der Waals surface area contributed by atoms with Crippen LogP contribution in [0.25, 0.3) is 0 Å². The van der Waals surface area contributed by atoms with E-state index in [1.54, 1.807) is 0 Å². The number of nitrogens with zero attached hydrogens (tertiary/aromatic N) is 1. The highest BCUT2D eigenvalue weighted by molar-refractivity contribution is 5.78. The third kappa shape index (κ3) is 8.28. The zero-order valence-corrected chi connectivity index (χ0v) is 30.3. The van der Waals surface area contributed by atoms with E-state index in [1.807, 2.05) is 6.92 Å². The van der Waals surface area contributed by atoms with Crippen molar-refractivity contribution < 1.29 is 24.2 Å². The van der Waals surface area contributed by atoms with Gasteiger partial charge in [-0.05, 0) is 65.8 Å². The first kappa shape index (κ1) is 39.9. The second-order valence-electron chi connectivity index (χ2n) is 16.7. The highest BCUT2D eigenvalue weighted by Gasteiger charge is 2.66. The minimum absolute atomic E-state index is 0.00324. The smallest absolute Gasteiger partial charge is 0.312 e. The molecule has 1 N–H and O–H groups in total. The fraction of sp³-hybridized carbons (Fsp3) is 0.943. The Hall–Kier alpha value is -1.14. The summed E-state index contributed by atoms with van der Waals surface area (Å²) in [5, 5.41) is 9.18. The Bertz CT molecular complexity index is 849. The highest BCUT2D eigenvalue weighted by Crippen LogP contribution is 2.69. The van der Waals surface area contributed by atoms with Gasteiger partial charge in [-0.1, -0.05) is 110 Å². The van der Waals surface area contributed by atoms with Gasteiger partial charge in [0.15, 0.2) is 0 Å². The molecule has 0 aromatic rings. The molecule has 0 aliphatic carbocycles. The number of carbonyl (C=O) groups excluding carboxylic acids is 2. The van der Waals surface area contributed by atoms with Gasteiger partial charge in [0, 0.05) is 6.54 Å². The van der Waals surface area contributed by atoms with Crippen LogP contribution in [0.15, 0.2) is 0 Å². The average molecular weight is 584 g/mol. The molecule has 2 unspecified atom stereocenters. The molecule has 41 heavy (non-hydrogen) atoms. The van der Waals surface area contributed by atoms with Crippen LogP contribution in [0.4, 0.5) is 0 Å². The molecule has 2 atom stereocenters. The highest BCUT2D eigenvalue weighted by atomic mass is 16.5. The van der Waals surface area contributed by atoms with Gasteiger partial charge >= 0.3 is 11.9 Å². The van der Waals surface area contributed by atoms with Crippen molar-refractivity contribution in [2.75, 3.05) is 40.0 Å². The van der Waals surface area contributed by atoms with Gasteiger partial charge in [-0.2, -0.15) is 0 Å². The number of ether oxygens (including phenoxy) is 2. The predicted molar refractivity (Wildman–Crippen MR) is 172 cm³/mol. The van der Waals surface area contributed by atoms with Crippen molar-refractivity contribution in [1.29, 1.82) is 0 Å². The molecular formula is C35H69NO5. The van der Waals surface area contributed by atoms with E-state index >= 15 is 0 Å². The maximum atomic E-state index is 14.2. The van der Waals surface area contributed by atoms with E-state index in [0.717, 1.165) is 25.9 Å². The first-order chi connectivity index (χ1) is 18.2. The van der Waals surface area contributed by atoms with Crippen LogP contribution in [0.5, 0.6) is 0 Å². The molecule has 0 saturated carbocycles. The number of hydrogen-bond acceptors (Lipinski definition) is 6. The van der Waals surface area contributed by atoms with E-state index in [0.29, 0.717) is 13.0 Å². The molecule has 0 aliphatic rings. The Kier molecular flexibility index (Phi) is 13.7. The first-order valence-electron chi connectivity index (χ1n) is 15.9. The molecule has 0 bridgehead atoms. The lowest BCUT2D eigenvalue weighted by Gasteiger charge is -2.66. The van der Waals surface area contributed by atoms with Crippen molar-refractivity contribution in [3.63, 3.8) is 0 Å². The van der Waals surface area contributed by atoms with Crippen molar-refractivity contribution in [3.05, 3.63) is 0 Å². The van der Waals surface area contributed by atoms with Crippen molar-refractivity contribution in [2.24, 2.45) is 43.8 Å². The summed E-state index contributed by atoms with van der Waals surface area (Å²) in [6.07, 6.45) is 2.96. The number of aliphatic hydroxyl groups excluding tert-OH is 1. The Labute approximate surface area is 254 Å². The minimum atomic E-state index is -0.764. The van der Waals surface area contributed by atoms with Gasteiger partial charge in [0.2, 0.25) is 0 Å².